The molecule has 0 fully saturated rings. The monoisotopic (exact) mass is 411 g/mol. The van der Waals surface area contributed by atoms with E-state index in [1.165, 1.54) is 13.2 Å². The summed E-state index contributed by atoms with van der Waals surface area (Å²) in [5.41, 5.74) is 6.71. The molecule has 3 amide bonds. The van der Waals surface area contributed by atoms with Gasteiger partial charge in [-0.05, 0) is 29.3 Å². The van der Waals surface area contributed by atoms with Crippen LogP contribution in [0.2, 0.25) is 0 Å². The number of ether oxygens (including phenoxy) is 2. The van der Waals surface area contributed by atoms with Crippen LogP contribution in [0.5, 0.6) is 11.5 Å². The highest BCUT2D eigenvalue weighted by atomic mass is 16.5. The van der Waals surface area contributed by atoms with E-state index in [1.807, 2.05) is 30.3 Å². The maximum absolute atomic E-state index is 11.9. The number of rotatable bonds is 11. The average Bonchev–Trinajstić information content (AvgIpc) is 2.74. The number of benzene rings is 2. The molecule has 158 valence electrons. The standard InChI is InChI=1S/C22H25N3O5/c1-29-19-13-17(7-9-18(19)30-15-20(23)26)8-10-21(27)24-11-12-25-22(28)14-16-5-3-2-4-6-16/h2-10,13H,11-12,14-15H2,1H3,(H2,23,26)(H,24,27)(H,25,28)/b10-8+. The van der Waals surface area contributed by atoms with Gasteiger partial charge in [-0.3, -0.25) is 14.4 Å². The van der Waals surface area contributed by atoms with E-state index >= 15 is 0 Å². The Morgan fingerprint density at radius 1 is 1.00 bits per heavy atom. The molecule has 0 saturated heterocycles. The molecular weight excluding hydrogens is 386 g/mol. The van der Waals surface area contributed by atoms with Crippen LogP contribution in [0.3, 0.4) is 0 Å². The van der Waals surface area contributed by atoms with Crippen LogP contribution in [-0.4, -0.2) is 44.5 Å². The van der Waals surface area contributed by atoms with Gasteiger partial charge >= 0.3 is 0 Å². The summed E-state index contributed by atoms with van der Waals surface area (Å²) in [6.45, 7) is 0.397. The lowest BCUT2D eigenvalue weighted by molar-refractivity contribution is -0.121. The van der Waals surface area contributed by atoms with Crippen LogP contribution in [-0.2, 0) is 20.8 Å². The van der Waals surface area contributed by atoms with Crippen molar-refractivity contribution in [3.63, 3.8) is 0 Å². The molecule has 0 bridgehead atoms. The van der Waals surface area contributed by atoms with E-state index in [0.29, 0.717) is 36.6 Å². The molecule has 30 heavy (non-hydrogen) atoms. The van der Waals surface area contributed by atoms with Crippen molar-refractivity contribution in [3.05, 3.63) is 65.7 Å². The number of hydrogen-bond donors (Lipinski definition) is 3. The third-order valence-electron chi connectivity index (χ3n) is 3.94. The summed E-state index contributed by atoms with van der Waals surface area (Å²) < 4.78 is 10.5. The van der Waals surface area contributed by atoms with E-state index < -0.39 is 5.91 Å². The molecule has 4 N–H and O–H groups in total. The van der Waals surface area contributed by atoms with Gasteiger partial charge in [0.05, 0.1) is 13.5 Å². The highest BCUT2D eigenvalue weighted by molar-refractivity contribution is 5.91. The van der Waals surface area contributed by atoms with Crippen molar-refractivity contribution < 1.29 is 23.9 Å². The summed E-state index contributed by atoms with van der Waals surface area (Å²) in [6, 6.07) is 14.4. The third kappa shape index (κ3) is 8.05. The molecule has 0 unspecified atom stereocenters. The number of nitrogens with one attached hydrogen (secondary N) is 2. The summed E-state index contributed by atoms with van der Waals surface area (Å²) in [4.78, 5) is 34.6. The van der Waals surface area contributed by atoms with Gasteiger partial charge in [-0.15, -0.1) is 0 Å². The first-order valence-electron chi connectivity index (χ1n) is 9.33. The quantitative estimate of drug-likeness (QED) is 0.377. The minimum Gasteiger partial charge on any atom is -0.493 e. The lowest BCUT2D eigenvalue weighted by Gasteiger charge is -2.10. The van der Waals surface area contributed by atoms with E-state index in [2.05, 4.69) is 10.6 Å². The Hall–Kier alpha value is -3.81. The molecule has 8 heteroatoms. The summed E-state index contributed by atoms with van der Waals surface area (Å²) in [5.74, 6) is -0.185. The predicted molar refractivity (Wildman–Crippen MR) is 113 cm³/mol. The average molecular weight is 411 g/mol. The maximum atomic E-state index is 11.9. The zero-order chi connectivity index (χ0) is 21.8. The second kappa shape index (κ2) is 11.9. The van der Waals surface area contributed by atoms with Crippen molar-refractivity contribution in [2.24, 2.45) is 5.73 Å². The summed E-state index contributed by atoms with van der Waals surface area (Å²) in [6.07, 6.45) is 3.30. The van der Waals surface area contributed by atoms with Crippen molar-refractivity contribution >= 4 is 23.8 Å². The summed E-state index contributed by atoms with van der Waals surface area (Å²) in [7, 11) is 1.47. The van der Waals surface area contributed by atoms with Crippen LogP contribution >= 0.6 is 0 Å². The Bertz CT molecular complexity index is 897. The Morgan fingerprint density at radius 2 is 1.73 bits per heavy atom. The fourth-order valence-corrected chi connectivity index (χ4v) is 2.52. The number of carbonyl (C=O) groups excluding carboxylic acids is 3. The first kappa shape index (κ1) is 22.5. The van der Waals surface area contributed by atoms with Crippen LogP contribution < -0.4 is 25.8 Å². The zero-order valence-corrected chi connectivity index (χ0v) is 16.7. The fourth-order valence-electron chi connectivity index (χ4n) is 2.52. The first-order valence-corrected chi connectivity index (χ1v) is 9.33. The van der Waals surface area contributed by atoms with E-state index in [-0.39, 0.29) is 18.4 Å². The highest BCUT2D eigenvalue weighted by Crippen LogP contribution is 2.28. The second-order valence-electron chi connectivity index (χ2n) is 6.30. The number of hydrogen-bond acceptors (Lipinski definition) is 5. The Morgan fingerprint density at radius 3 is 2.43 bits per heavy atom. The van der Waals surface area contributed by atoms with Crippen molar-refractivity contribution in [1.82, 2.24) is 10.6 Å². The van der Waals surface area contributed by atoms with Crippen LogP contribution in [0.25, 0.3) is 6.08 Å². The van der Waals surface area contributed by atoms with Gasteiger partial charge in [0.15, 0.2) is 18.1 Å². The summed E-state index contributed by atoms with van der Waals surface area (Å²) >= 11 is 0. The number of amides is 3. The van der Waals surface area contributed by atoms with E-state index in [0.717, 1.165) is 5.56 Å². The Kier molecular flexibility index (Phi) is 8.92. The lowest BCUT2D eigenvalue weighted by atomic mass is 10.1. The molecule has 0 aliphatic rings. The third-order valence-corrected chi connectivity index (χ3v) is 3.94. The van der Waals surface area contributed by atoms with Crippen LogP contribution in [0.1, 0.15) is 11.1 Å². The van der Waals surface area contributed by atoms with Gasteiger partial charge in [0.1, 0.15) is 0 Å². The topological polar surface area (TPSA) is 120 Å². The van der Waals surface area contributed by atoms with Gasteiger partial charge in [0.25, 0.3) is 5.91 Å². The molecule has 2 rings (SSSR count). The number of methoxy groups -OCH3 is 1. The Labute approximate surface area is 175 Å². The first-order chi connectivity index (χ1) is 14.5. The molecule has 0 spiro atoms. The van der Waals surface area contributed by atoms with Crippen molar-refractivity contribution in [3.8, 4) is 11.5 Å². The number of carbonyl (C=O) groups is 3. The molecule has 0 heterocycles. The smallest absolute Gasteiger partial charge is 0.255 e. The van der Waals surface area contributed by atoms with E-state index in [4.69, 9.17) is 15.2 Å². The van der Waals surface area contributed by atoms with Crippen molar-refractivity contribution in [1.29, 1.82) is 0 Å². The van der Waals surface area contributed by atoms with Crippen molar-refractivity contribution in [2.75, 3.05) is 26.8 Å². The van der Waals surface area contributed by atoms with Crippen molar-refractivity contribution in [2.45, 2.75) is 6.42 Å². The van der Waals surface area contributed by atoms with Gasteiger partial charge < -0.3 is 25.8 Å². The molecule has 0 saturated carbocycles. The number of primary amides is 1. The van der Waals surface area contributed by atoms with Gasteiger partial charge in [0.2, 0.25) is 11.8 Å². The zero-order valence-electron chi connectivity index (χ0n) is 16.7. The predicted octanol–water partition coefficient (Wildman–Crippen LogP) is 1.05. The largest absolute Gasteiger partial charge is 0.493 e. The van der Waals surface area contributed by atoms with Gasteiger partial charge in [0, 0.05) is 19.2 Å². The van der Waals surface area contributed by atoms with Crippen LogP contribution in [0, 0.1) is 0 Å². The highest BCUT2D eigenvalue weighted by Gasteiger charge is 2.07. The van der Waals surface area contributed by atoms with Gasteiger partial charge in [-0.25, -0.2) is 0 Å². The molecule has 0 aliphatic heterocycles. The maximum Gasteiger partial charge on any atom is 0.255 e. The lowest BCUT2D eigenvalue weighted by Crippen LogP contribution is -2.34. The molecule has 0 aliphatic carbocycles. The molecular formula is C22H25N3O5. The molecule has 2 aromatic rings. The SMILES string of the molecule is COc1cc(/C=C/C(=O)NCCNC(=O)Cc2ccccc2)ccc1OCC(N)=O. The Balaban J connectivity index is 1.74. The second-order valence-corrected chi connectivity index (χ2v) is 6.30. The minimum atomic E-state index is -0.589. The minimum absolute atomic E-state index is 0.100. The van der Waals surface area contributed by atoms with E-state index in [9.17, 15) is 14.4 Å². The summed E-state index contributed by atoms with van der Waals surface area (Å²) in [5, 5.41) is 5.46. The molecule has 0 atom stereocenters. The van der Waals surface area contributed by atoms with Crippen LogP contribution in [0.15, 0.2) is 54.6 Å². The fraction of sp³-hybridized carbons (Fsp3) is 0.227. The van der Waals surface area contributed by atoms with Gasteiger partial charge in [-0.1, -0.05) is 36.4 Å². The molecule has 2 aromatic carbocycles. The van der Waals surface area contributed by atoms with Crippen LogP contribution in [0.4, 0.5) is 0 Å². The normalized spacial score (nSPS) is 10.4. The van der Waals surface area contributed by atoms with Gasteiger partial charge in [-0.2, -0.15) is 0 Å². The molecule has 0 radical (unpaired) electrons. The van der Waals surface area contributed by atoms with E-state index in [1.54, 1.807) is 24.3 Å². The molecule has 0 aromatic heterocycles. The molecule has 8 nitrogen and oxygen atoms in total. The number of nitrogens with two attached hydrogens (primary N) is 1.